The Bertz CT molecular complexity index is 1180. The van der Waals surface area contributed by atoms with Gasteiger partial charge in [-0.1, -0.05) is 0 Å². The van der Waals surface area contributed by atoms with E-state index in [0.29, 0.717) is 49.9 Å². The normalized spacial score (nSPS) is 15.6. The zero-order valence-corrected chi connectivity index (χ0v) is 18.2. The standard InChI is InChI=1S/C20H30N6O4/c1-14-15(2)26-16-17(21-19(26)24(14)6-5-11-29-4)22(3)20(28)25(18(16)27)8-7-23-9-12-30-13-10-23/h5-13H2,1-4H3. The van der Waals surface area contributed by atoms with Gasteiger partial charge in [-0.2, -0.15) is 4.98 Å². The number of fused-ring (bicyclic) bond motifs is 3. The minimum Gasteiger partial charge on any atom is -0.385 e. The van der Waals surface area contributed by atoms with Gasteiger partial charge in [0.1, 0.15) is 0 Å². The lowest BCUT2D eigenvalue weighted by Gasteiger charge is -2.26. The second-order valence-electron chi connectivity index (χ2n) is 7.84. The molecule has 0 spiro atoms. The zero-order chi connectivity index (χ0) is 21.4. The number of morpholine rings is 1. The van der Waals surface area contributed by atoms with E-state index in [1.807, 2.05) is 18.2 Å². The number of imidazole rings is 2. The van der Waals surface area contributed by atoms with Crippen LogP contribution in [-0.4, -0.2) is 74.6 Å². The van der Waals surface area contributed by atoms with Crippen LogP contribution in [-0.2, 0) is 29.6 Å². The van der Waals surface area contributed by atoms with Crippen LogP contribution in [0.2, 0.25) is 0 Å². The third-order valence-corrected chi connectivity index (χ3v) is 6.10. The molecule has 0 aliphatic carbocycles. The molecule has 0 aromatic carbocycles. The van der Waals surface area contributed by atoms with Gasteiger partial charge in [-0.15, -0.1) is 0 Å². The molecule has 1 saturated heterocycles. The minimum absolute atomic E-state index is 0.286. The molecule has 0 saturated carbocycles. The third-order valence-electron chi connectivity index (χ3n) is 6.10. The van der Waals surface area contributed by atoms with Gasteiger partial charge in [0.2, 0.25) is 5.78 Å². The van der Waals surface area contributed by atoms with Gasteiger partial charge in [0, 0.05) is 64.9 Å². The molecule has 4 heterocycles. The fourth-order valence-corrected chi connectivity index (χ4v) is 4.21. The number of rotatable bonds is 7. The van der Waals surface area contributed by atoms with E-state index in [4.69, 9.17) is 14.5 Å². The average molecular weight is 418 g/mol. The van der Waals surface area contributed by atoms with E-state index in [9.17, 15) is 9.59 Å². The quantitative estimate of drug-likeness (QED) is 0.507. The molecule has 0 unspecified atom stereocenters. The molecule has 10 heteroatoms. The Kier molecular flexibility index (Phi) is 5.81. The molecule has 0 amide bonds. The van der Waals surface area contributed by atoms with E-state index in [-0.39, 0.29) is 11.2 Å². The molecular formula is C20H30N6O4. The Hall–Kier alpha value is -2.43. The summed E-state index contributed by atoms with van der Waals surface area (Å²) in [5, 5.41) is 0. The Morgan fingerprint density at radius 3 is 2.47 bits per heavy atom. The van der Waals surface area contributed by atoms with Gasteiger partial charge in [0.15, 0.2) is 11.2 Å². The number of ether oxygens (including phenoxy) is 2. The summed E-state index contributed by atoms with van der Waals surface area (Å²) in [4.78, 5) is 33.2. The summed E-state index contributed by atoms with van der Waals surface area (Å²) in [5.41, 5.74) is 2.28. The van der Waals surface area contributed by atoms with Crippen LogP contribution in [0, 0.1) is 13.8 Å². The van der Waals surface area contributed by atoms with Crippen LogP contribution in [0.1, 0.15) is 17.8 Å². The molecule has 164 valence electrons. The van der Waals surface area contributed by atoms with Crippen LogP contribution >= 0.6 is 0 Å². The molecular weight excluding hydrogens is 388 g/mol. The van der Waals surface area contributed by atoms with E-state index in [2.05, 4.69) is 9.47 Å². The van der Waals surface area contributed by atoms with E-state index in [1.165, 1.54) is 9.13 Å². The highest BCUT2D eigenvalue weighted by Gasteiger charge is 2.22. The maximum Gasteiger partial charge on any atom is 0.332 e. The topological polar surface area (TPSA) is 87.9 Å². The van der Waals surface area contributed by atoms with Crippen molar-refractivity contribution in [1.29, 1.82) is 0 Å². The molecule has 1 aliphatic rings. The van der Waals surface area contributed by atoms with Crippen molar-refractivity contribution >= 4 is 16.9 Å². The largest absolute Gasteiger partial charge is 0.385 e. The fraction of sp³-hybridized carbons (Fsp3) is 0.650. The maximum absolute atomic E-state index is 13.4. The van der Waals surface area contributed by atoms with Crippen molar-refractivity contribution in [2.45, 2.75) is 33.4 Å². The van der Waals surface area contributed by atoms with Gasteiger partial charge >= 0.3 is 5.69 Å². The lowest BCUT2D eigenvalue weighted by Crippen LogP contribution is -2.44. The molecule has 0 N–H and O–H groups in total. The molecule has 4 rings (SSSR count). The fourth-order valence-electron chi connectivity index (χ4n) is 4.21. The lowest BCUT2D eigenvalue weighted by atomic mass is 10.3. The number of aromatic nitrogens is 5. The van der Waals surface area contributed by atoms with Crippen LogP contribution < -0.4 is 11.2 Å². The van der Waals surface area contributed by atoms with Crippen molar-refractivity contribution in [2.75, 3.05) is 46.6 Å². The molecule has 1 aliphatic heterocycles. The van der Waals surface area contributed by atoms with Gasteiger partial charge in [-0.05, 0) is 20.3 Å². The first-order valence-electron chi connectivity index (χ1n) is 10.4. The van der Waals surface area contributed by atoms with Crippen molar-refractivity contribution in [3.8, 4) is 0 Å². The van der Waals surface area contributed by atoms with Crippen LogP contribution in [0.3, 0.4) is 0 Å². The Morgan fingerprint density at radius 2 is 1.77 bits per heavy atom. The molecule has 0 atom stereocenters. The highest BCUT2D eigenvalue weighted by atomic mass is 16.5. The molecule has 1 fully saturated rings. The van der Waals surface area contributed by atoms with Gasteiger partial charge in [-0.25, -0.2) is 4.79 Å². The Balaban J connectivity index is 1.81. The Morgan fingerprint density at radius 1 is 1.03 bits per heavy atom. The van der Waals surface area contributed by atoms with Crippen LogP contribution in [0.5, 0.6) is 0 Å². The van der Waals surface area contributed by atoms with Crippen molar-refractivity contribution in [3.05, 3.63) is 32.2 Å². The predicted molar refractivity (Wildman–Crippen MR) is 113 cm³/mol. The molecule has 30 heavy (non-hydrogen) atoms. The Labute approximate surface area is 174 Å². The van der Waals surface area contributed by atoms with Crippen LogP contribution in [0.25, 0.3) is 16.9 Å². The first kappa shape index (κ1) is 20.8. The monoisotopic (exact) mass is 418 g/mol. The molecule has 0 bridgehead atoms. The zero-order valence-electron chi connectivity index (χ0n) is 18.2. The van der Waals surface area contributed by atoms with Crippen molar-refractivity contribution in [2.24, 2.45) is 7.05 Å². The minimum atomic E-state index is -0.332. The molecule has 3 aromatic heterocycles. The van der Waals surface area contributed by atoms with E-state index in [1.54, 1.807) is 14.2 Å². The van der Waals surface area contributed by atoms with Crippen molar-refractivity contribution in [1.82, 2.24) is 28.0 Å². The summed E-state index contributed by atoms with van der Waals surface area (Å²) in [6.45, 7) is 9.39. The molecule has 10 nitrogen and oxygen atoms in total. The van der Waals surface area contributed by atoms with Gasteiger partial charge in [-0.3, -0.25) is 23.2 Å². The van der Waals surface area contributed by atoms with Crippen LogP contribution in [0.15, 0.2) is 9.59 Å². The van der Waals surface area contributed by atoms with E-state index >= 15 is 0 Å². The van der Waals surface area contributed by atoms with E-state index < -0.39 is 0 Å². The summed E-state index contributed by atoms with van der Waals surface area (Å²) in [7, 11) is 3.36. The SMILES string of the molecule is COCCCn1c(C)c(C)n2c3c(=O)n(CCN4CCOCC4)c(=O)n(C)c3nc12. The van der Waals surface area contributed by atoms with E-state index in [0.717, 1.165) is 37.4 Å². The maximum atomic E-state index is 13.4. The number of nitrogens with zero attached hydrogens (tertiary/aromatic N) is 6. The summed E-state index contributed by atoms with van der Waals surface area (Å²) < 4.78 is 17.4. The van der Waals surface area contributed by atoms with Crippen molar-refractivity contribution < 1.29 is 9.47 Å². The summed E-state index contributed by atoms with van der Waals surface area (Å²) in [6, 6.07) is 0. The number of hydrogen-bond acceptors (Lipinski definition) is 6. The summed E-state index contributed by atoms with van der Waals surface area (Å²) in [5.74, 6) is 0.689. The summed E-state index contributed by atoms with van der Waals surface area (Å²) >= 11 is 0. The number of methoxy groups -OCH3 is 1. The second kappa shape index (κ2) is 8.37. The average Bonchev–Trinajstić information content (AvgIpc) is 3.24. The predicted octanol–water partition coefficient (Wildman–Crippen LogP) is 0.135. The van der Waals surface area contributed by atoms with Gasteiger partial charge in [0.25, 0.3) is 5.56 Å². The molecule has 3 aromatic rings. The first-order chi connectivity index (χ1) is 14.5. The smallest absolute Gasteiger partial charge is 0.332 e. The summed E-state index contributed by atoms with van der Waals surface area (Å²) in [6.07, 6.45) is 0.840. The highest BCUT2D eigenvalue weighted by Crippen LogP contribution is 2.21. The highest BCUT2D eigenvalue weighted by molar-refractivity contribution is 5.76. The second-order valence-corrected chi connectivity index (χ2v) is 7.84. The molecule has 0 radical (unpaired) electrons. The van der Waals surface area contributed by atoms with Gasteiger partial charge < -0.3 is 14.0 Å². The first-order valence-corrected chi connectivity index (χ1v) is 10.4. The lowest BCUT2D eigenvalue weighted by molar-refractivity contribution is 0.0361. The third kappa shape index (κ3) is 3.38. The number of hydrogen-bond donors (Lipinski definition) is 0. The van der Waals surface area contributed by atoms with Crippen LogP contribution in [0.4, 0.5) is 0 Å². The van der Waals surface area contributed by atoms with Gasteiger partial charge in [0.05, 0.1) is 13.2 Å². The number of aryl methyl sites for hydroxylation is 3. The van der Waals surface area contributed by atoms with Crippen molar-refractivity contribution in [3.63, 3.8) is 0 Å².